The number of para-hydroxylation sites is 1. The molecule has 0 spiro atoms. The van der Waals surface area contributed by atoms with E-state index >= 15 is 0 Å². The zero-order valence-corrected chi connectivity index (χ0v) is 11.3. The molecule has 0 saturated heterocycles. The van der Waals surface area contributed by atoms with Gasteiger partial charge in [0.2, 0.25) is 0 Å². The molecule has 0 amide bonds. The average Bonchev–Trinajstić information content (AvgIpc) is 2.30. The molecule has 1 rings (SSSR count). The van der Waals surface area contributed by atoms with Gasteiger partial charge in [-0.15, -0.1) is 0 Å². The van der Waals surface area contributed by atoms with Gasteiger partial charge in [0.25, 0.3) is 0 Å². The van der Waals surface area contributed by atoms with Crippen LogP contribution in [-0.4, -0.2) is 17.6 Å². The highest BCUT2D eigenvalue weighted by atomic mass is 79.9. The van der Waals surface area contributed by atoms with Gasteiger partial charge in [0.05, 0.1) is 6.61 Å². The SMILES string of the molecule is C=C(C)C(=O)OCCC(Br)Oc1ccccc1. The van der Waals surface area contributed by atoms with Gasteiger partial charge in [0.1, 0.15) is 5.75 Å². The molecule has 0 saturated carbocycles. The van der Waals surface area contributed by atoms with Crippen molar-refractivity contribution in [3.8, 4) is 5.75 Å². The van der Waals surface area contributed by atoms with Crippen molar-refractivity contribution >= 4 is 21.9 Å². The number of carbonyl (C=O) groups excluding carboxylic acids is 1. The van der Waals surface area contributed by atoms with Crippen molar-refractivity contribution in [2.75, 3.05) is 6.61 Å². The van der Waals surface area contributed by atoms with Crippen LogP contribution in [0.5, 0.6) is 5.75 Å². The number of halogens is 1. The van der Waals surface area contributed by atoms with E-state index in [1.165, 1.54) is 0 Å². The Morgan fingerprint density at radius 2 is 2.06 bits per heavy atom. The van der Waals surface area contributed by atoms with E-state index in [0.29, 0.717) is 18.6 Å². The molecule has 0 aliphatic carbocycles. The van der Waals surface area contributed by atoms with Gasteiger partial charge in [-0.05, 0) is 35.0 Å². The third-order valence-corrected chi connectivity index (χ3v) is 2.58. The number of alkyl halides is 1. The number of hydrogen-bond acceptors (Lipinski definition) is 3. The van der Waals surface area contributed by atoms with Crippen LogP contribution in [0, 0.1) is 0 Å². The van der Waals surface area contributed by atoms with Crippen molar-refractivity contribution in [2.45, 2.75) is 18.4 Å². The molecule has 4 heteroatoms. The summed E-state index contributed by atoms with van der Waals surface area (Å²) < 4.78 is 10.5. The monoisotopic (exact) mass is 298 g/mol. The molecule has 0 heterocycles. The Hall–Kier alpha value is -1.29. The fourth-order valence-corrected chi connectivity index (χ4v) is 1.48. The molecule has 1 aromatic carbocycles. The zero-order valence-electron chi connectivity index (χ0n) is 9.69. The molecule has 3 nitrogen and oxygen atoms in total. The van der Waals surface area contributed by atoms with Crippen LogP contribution >= 0.6 is 15.9 Å². The summed E-state index contributed by atoms with van der Waals surface area (Å²) in [4.78, 5) is 11.1. The van der Waals surface area contributed by atoms with Gasteiger partial charge < -0.3 is 9.47 Å². The van der Waals surface area contributed by atoms with Crippen LogP contribution in [0.3, 0.4) is 0 Å². The van der Waals surface area contributed by atoms with Crippen molar-refractivity contribution in [1.82, 2.24) is 0 Å². The standard InChI is InChI=1S/C13H15BrO3/c1-10(2)13(15)16-9-8-12(14)17-11-6-4-3-5-7-11/h3-7,12H,1,8-9H2,2H3. The van der Waals surface area contributed by atoms with Gasteiger partial charge in [0, 0.05) is 12.0 Å². The third-order valence-electron chi connectivity index (χ3n) is 1.93. The fourth-order valence-electron chi connectivity index (χ4n) is 1.07. The van der Waals surface area contributed by atoms with Gasteiger partial charge in [-0.1, -0.05) is 24.8 Å². The maximum Gasteiger partial charge on any atom is 0.333 e. The summed E-state index contributed by atoms with van der Waals surface area (Å²) in [5.74, 6) is 0.407. The molecule has 92 valence electrons. The van der Waals surface area contributed by atoms with Crippen LogP contribution in [0.2, 0.25) is 0 Å². The third kappa shape index (κ3) is 5.54. The lowest BCUT2D eigenvalue weighted by Crippen LogP contribution is -2.14. The summed E-state index contributed by atoms with van der Waals surface area (Å²) in [6.07, 6.45) is 0.577. The van der Waals surface area contributed by atoms with Gasteiger partial charge in [-0.3, -0.25) is 0 Å². The summed E-state index contributed by atoms with van der Waals surface area (Å²) >= 11 is 3.37. The largest absolute Gasteiger partial charge is 0.479 e. The quantitative estimate of drug-likeness (QED) is 0.459. The number of ether oxygens (including phenoxy) is 2. The predicted octanol–water partition coefficient (Wildman–Crippen LogP) is 3.30. The number of benzene rings is 1. The second-order valence-electron chi connectivity index (χ2n) is 3.55. The van der Waals surface area contributed by atoms with E-state index in [1.807, 2.05) is 30.3 Å². The molecule has 1 aromatic rings. The van der Waals surface area contributed by atoms with E-state index < -0.39 is 0 Å². The van der Waals surface area contributed by atoms with E-state index in [4.69, 9.17) is 9.47 Å². The average molecular weight is 299 g/mol. The Kier molecular flexibility index (Phi) is 5.77. The summed E-state index contributed by atoms with van der Waals surface area (Å²) in [5.41, 5.74) is 0.403. The summed E-state index contributed by atoms with van der Waals surface area (Å²) in [6, 6.07) is 9.46. The molecule has 0 radical (unpaired) electrons. The van der Waals surface area contributed by atoms with E-state index in [0.717, 1.165) is 5.75 Å². The molecule has 0 aromatic heterocycles. The van der Waals surface area contributed by atoms with Gasteiger partial charge in [0.15, 0.2) is 5.01 Å². The smallest absolute Gasteiger partial charge is 0.333 e. The van der Waals surface area contributed by atoms with Crippen LogP contribution in [0.4, 0.5) is 0 Å². The van der Waals surface area contributed by atoms with Crippen LogP contribution in [-0.2, 0) is 9.53 Å². The first-order valence-corrected chi connectivity index (χ1v) is 6.19. The highest BCUT2D eigenvalue weighted by Gasteiger charge is 2.08. The number of carbonyl (C=O) groups is 1. The lowest BCUT2D eigenvalue weighted by Gasteiger charge is -2.13. The van der Waals surface area contributed by atoms with Gasteiger partial charge in [-0.25, -0.2) is 4.79 Å². The van der Waals surface area contributed by atoms with Crippen molar-refractivity contribution in [1.29, 1.82) is 0 Å². The first-order valence-electron chi connectivity index (χ1n) is 5.28. The van der Waals surface area contributed by atoms with Crippen molar-refractivity contribution in [3.05, 3.63) is 42.5 Å². The minimum absolute atomic E-state index is 0.178. The van der Waals surface area contributed by atoms with Crippen molar-refractivity contribution < 1.29 is 14.3 Å². The van der Waals surface area contributed by atoms with Crippen molar-refractivity contribution in [3.63, 3.8) is 0 Å². The minimum Gasteiger partial charge on any atom is -0.479 e. The highest BCUT2D eigenvalue weighted by Crippen LogP contribution is 2.16. The Morgan fingerprint density at radius 1 is 1.41 bits per heavy atom. The fraction of sp³-hybridized carbons (Fsp3) is 0.308. The molecule has 0 fully saturated rings. The molecule has 0 aliphatic rings. The van der Waals surface area contributed by atoms with E-state index in [2.05, 4.69) is 22.5 Å². The van der Waals surface area contributed by atoms with E-state index in [9.17, 15) is 4.79 Å². The summed E-state index contributed by atoms with van der Waals surface area (Å²) in [5, 5.41) is -0.178. The summed E-state index contributed by atoms with van der Waals surface area (Å²) in [7, 11) is 0. The van der Waals surface area contributed by atoms with Gasteiger partial charge >= 0.3 is 5.97 Å². The molecule has 0 aliphatic heterocycles. The molecular formula is C13H15BrO3. The Morgan fingerprint density at radius 3 is 2.65 bits per heavy atom. The van der Waals surface area contributed by atoms with Gasteiger partial charge in [-0.2, -0.15) is 0 Å². The second kappa shape index (κ2) is 7.12. The lowest BCUT2D eigenvalue weighted by atomic mass is 10.3. The first-order chi connectivity index (χ1) is 8.09. The Labute approximate surface area is 110 Å². The molecular weight excluding hydrogens is 284 g/mol. The predicted molar refractivity (Wildman–Crippen MR) is 70.2 cm³/mol. The van der Waals surface area contributed by atoms with Crippen molar-refractivity contribution in [2.24, 2.45) is 0 Å². The zero-order chi connectivity index (χ0) is 12.7. The molecule has 17 heavy (non-hydrogen) atoms. The number of rotatable bonds is 6. The topological polar surface area (TPSA) is 35.5 Å². The first kappa shape index (κ1) is 13.8. The Balaban J connectivity index is 2.24. The second-order valence-corrected chi connectivity index (χ2v) is 4.57. The molecule has 1 unspecified atom stereocenters. The molecule has 0 N–H and O–H groups in total. The normalized spacial score (nSPS) is 11.6. The molecule has 1 atom stereocenters. The van der Waals surface area contributed by atoms with Crippen LogP contribution < -0.4 is 4.74 Å². The van der Waals surface area contributed by atoms with E-state index in [-0.39, 0.29) is 11.0 Å². The van der Waals surface area contributed by atoms with Crippen LogP contribution in [0.25, 0.3) is 0 Å². The van der Waals surface area contributed by atoms with Crippen LogP contribution in [0.1, 0.15) is 13.3 Å². The summed E-state index contributed by atoms with van der Waals surface area (Å²) in [6.45, 7) is 5.42. The molecule has 0 bridgehead atoms. The number of hydrogen-bond donors (Lipinski definition) is 0. The Bertz CT molecular complexity index is 376. The maximum absolute atomic E-state index is 11.1. The lowest BCUT2D eigenvalue weighted by molar-refractivity contribution is -0.139. The minimum atomic E-state index is -0.371. The highest BCUT2D eigenvalue weighted by molar-refractivity contribution is 9.09. The van der Waals surface area contributed by atoms with Crippen LogP contribution in [0.15, 0.2) is 42.5 Å². The van der Waals surface area contributed by atoms with E-state index in [1.54, 1.807) is 6.92 Å². The maximum atomic E-state index is 11.1. The number of esters is 1.